The SMILES string of the molecule is F[B-](F)(F)F.Oc1[nH]cc[nH+]1. The van der Waals surface area contributed by atoms with Gasteiger partial charge in [0.25, 0.3) is 0 Å². The van der Waals surface area contributed by atoms with Gasteiger partial charge in [0.15, 0.2) is 0 Å². The number of hydrogen-bond donors (Lipinski definition) is 2. The van der Waals surface area contributed by atoms with E-state index in [1.54, 1.807) is 12.4 Å². The van der Waals surface area contributed by atoms with E-state index in [0.29, 0.717) is 0 Å². The van der Waals surface area contributed by atoms with Gasteiger partial charge in [-0.2, -0.15) is 0 Å². The molecule has 0 unspecified atom stereocenters. The van der Waals surface area contributed by atoms with Crippen LogP contribution in [0.4, 0.5) is 17.3 Å². The molecule has 0 aliphatic rings. The van der Waals surface area contributed by atoms with Gasteiger partial charge < -0.3 is 22.4 Å². The van der Waals surface area contributed by atoms with Crippen molar-refractivity contribution in [1.29, 1.82) is 0 Å². The third-order valence-corrected chi connectivity index (χ3v) is 0.523. The van der Waals surface area contributed by atoms with Gasteiger partial charge in [-0.3, -0.25) is 0 Å². The summed E-state index contributed by atoms with van der Waals surface area (Å²) in [7, 11) is -6.00. The highest BCUT2D eigenvalue weighted by Gasteiger charge is 2.20. The fourth-order valence-electron chi connectivity index (χ4n) is 0.283. The first-order valence-corrected chi connectivity index (χ1v) is 2.51. The average Bonchev–Trinajstić information content (AvgIpc) is 2.12. The number of rotatable bonds is 0. The summed E-state index contributed by atoms with van der Waals surface area (Å²) in [5.74, 6) is 0. The van der Waals surface area contributed by atoms with Crippen LogP contribution in [0, 0.1) is 0 Å². The van der Waals surface area contributed by atoms with Gasteiger partial charge in [-0.25, -0.2) is 9.97 Å². The van der Waals surface area contributed by atoms with Crippen LogP contribution in [-0.2, 0) is 0 Å². The summed E-state index contributed by atoms with van der Waals surface area (Å²) in [5, 5.41) is 8.36. The fourth-order valence-corrected chi connectivity index (χ4v) is 0.283. The number of aromatic hydroxyl groups is 1. The molecule has 0 radical (unpaired) electrons. The quantitative estimate of drug-likeness (QED) is 0.441. The minimum atomic E-state index is -6.00. The summed E-state index contributed by atoms with van der Waals surface area (Å²) in [6.45, 7) is 0. The van der Waals surface area contributed by atoms with Crippen LogP contribution in [0.1, 0.15) is 0 Å². The molecular weight excluding hydrogens is 167 g/mol. The summed E-state index contributed by atoms with van der Waals surface area (Å²) in [4.78, 5) is 5.00. The van der Waals surface area contributed by atoms with Crippen LogP contribution < -0.4 is 4.98 Å². The molecule has 0 aliphatic heterocycles. The number of aromatic nitrogens is 2. The summed E-state index contributed by atoms with van der Waals surface area (Å²) in [6, 6.07) is 0.0926. The summed E-state index contributed by atoms with van der Waals surface area (Å²) < 4.78 is 39.0. The minimum Gasteiger partial charge on any atom is -0.447 e. The highest BCUT2D eigenvalue weighted by atomic mass is 19.5. The van der Waals surface area contributed by atoms with Gasteiger partial charge in [-0.05, 0) is 0 Å². The third kappa shape index (κ3) is 12.1. The Morgan fingerprint density at radius 3 is 1.91 bits per heavy atom. The molecule has 0 saturated carbocycles. The first-order chi connectivity index (χ1) is 4.89. The second-order valence-electron chi connectivity index (χ2n) is 1.47. The molecule has 1 aromatic rings. The van der Waals surface area contributed by atoms with E-state index in [2.05, 4.69) is 9.97 Å². The maximum atomic E-state index is 9.75. The predicted molar refractivity (Wildman–Crippen MR) is 29.2 cm³/mol. The van der Waals surface area contributed by atoms with Crippen LogP contribution in [0.3, 0.4) is 0 Å². The Hall–Kier alpha value is -1.21. The smallest absolute Gasteiger partial charge is 0.447 e. The van der Waals surface area contributed by atoms with E-state index < -0.39 is 7.25 Å². The second kappa shape index (κ2) is 3.84. The van der Waals surface area contributed by atoms with Crippen LogP contribution in [0.2, 0.25) is 0 Å². The molecule has 1 aromatic heterocycles. The van der Waals surface area contributed by atoms with Crippen LogP contribution in [0.15, 0.2) is 12.4 Å². The molecule has 8 heteroatoms. The first-order valence-electron chi connectivity index (χ1n) is 2.51. The van der Waals surface area contributed by atoms with Gasteiger partial charge in [0, 0.05) is 0 Å². The molecule has 0 amide bonds. The van der Waals surface area contributed by atoms with E-state index in [9.17, 15) is 17.3 Å². The lowest BCUT2D eigenvalue weighted by Gasteiger charge is -1.94. The highest BCUT2D eigenvalue weighted by Crippen LogP contribution is 2.06. The van der Waals surface area contributed by atoms with E-state index in [4.69, 9.17) is 5.11 Å². The van der Waals surface area contributed by atoms with Crippen molar-refractivity contribution in [3.63, 3.8) is 0 Å². The predicted octanol–water partition coefficient (Wildman–Crippen LogP) is 0.834. The van der Waals surface area contributed by atoms with Crippen molar-refractivity contribution in [2.45, 2.75) is 0 Å². The molecule has 3 N–H and O–H groups in total. The maximum Gasteiger partial charge on any atom is 0.673 e. The van der Waals surface area contributed by atoms with E-state index in [-0.39, 0.29) is 6.01 Å². The summed E-state index contributed by atoms with van der Waals surface area (Å²) >= 11 is 0. The van der Waals surface area contributed by atoms with Crippen molar-refractivity contribution in [2.24, 2.45) is 0 Å². The van der Waals surface area contributed by atoms with Crippen molar-refractivity contribution in [3.05, 3.63) is 12.4 Å². The molecule has 0 saturated heterocycles. The van der Waals surface area contributed by atoms with Crippen LogP contribution in [-0.4, -0.2) is 17.3 Å². The molecule has 1 heterocycles. The van der Waals surface area contributed by atoms with Crippen molar-refractivity contribution >= 4 is 7.25 Å². The van der Waals surface area contributed by atoms with Crippen LogP contribution in [0.5, 0.6) is 6.01 Å². The third-order valence-electron chi connectivity index (χ3n) is 0.523. The van der Waals surface area contributed by atoms with Crippen molar-refractivity contribution in [3.8, 4) is 6.01 Å². The molecule has 0 aromatic carbocycles. The van der Waals surface area contributed by atoms with Gasteiger partial charge in [0.2, 0.25) is 0 Å². The molecule has 3 nitrogen and oxygen atoms in total. The largest absolute Gasteiger partial charge is 0.673 e. The Balaban J connectivity index is 0.000000187. The fraction of sp³-hybridized carbons (Fsp3) is 0. The monoisotopic (exact) mass is 172 g/mol. The molecule has 0 spiro atoms. The van der Waals surface area contributed by atoms with E-state index in [0.717, 1.165) is 0 Å². The highest BCUT2D eigenvalue weighted by molar-refractivity contribution is 6.50. The number of aromatic amines is 2. The number of nitrogens with one attached hydrogen (secondary N) is 2. The number of imidazole rings is 1. The van der Waals surface area contributed by atoms with E-state index in [1.807, 2.05) is 0 Å². The standard InChI is InChI=1S/C3H4N2O.BF4/c6-3-4-1-2-5-3;2-1(3,4)5/h1-2H,(H2,4,5,6);/q;-1/p+1. The zero-order valence-corrected chi connectivity index (χ0v) is 5.19. The van der Waals surface area contributed by atoms with Crippen molar-refractivity contribution in [2.75, 3.05) is 0 Å². The zero-order valence-electron chi connectivity index (χ0n) is 5.19. The molecule has 64 valence electrons. The Kier molecular flexibility index (Phi) is 3.42. The summed E-state index contributed by atoms with van der Waals surface area (Å²) in [6.07, 6.45) is 3.21. The molecule has 0 bridgehead atoms. The van der Waals surface area contributed by atoms with Gasteiger partial charge in [0.05, 0.1) is 0 Å². The number of H-pyrrole nitrogens is 2. The zero-order chi connectivity index (χ0) is 8.91. The Morgan fingerprint density at radius 2 is 1.82 bits per heavy atom. The lowest BCUT2D eigenvalue weighted by Crippen LogP contribution is -2.02. The van der Waals surface area contributed by atoms with Gasteiger partial charge >= 0.3 is 13.3 Å². The van der Waals surface area contributed by atoms with Crippen LogP contribution >= 0.6 is 0 Å². The second-order valence-corrected chi connectivity index (χ2v) is 1.47. The number of halogens is 4. The molecule has 0 fully saturated rings. The Bertz CT molecular complexity index is 180. The summed E-state index contributed by atoms with van der Waals surface area (Å²) in [5.41, 5.74) is 0. The topological polar surface area (TPSA) is 50.2 Å². The first kappa shape index (κ1) is 9.79. The van der Waals surface area contributed by atoms with Gasteiger partial charge in [-0.1, -0.05) is 0 Å². The molecule has 0 atom stereocenters. The number of hydrogen-bond acceptors (Lipinski definition) is 1. The maximum absolute atomic E-state index is 9.75. The Morgan fingerprint density at radius 1 is 1.36 bits per heavy atom. The van der Waals surface area contributed by atoms with Gasteiger partial charge in [-0.15, -0.1) is 0 Å². The van der Waals surface area contributed by atoms with Gasteiger partial charge in [0.1, 0.15) is 12.4 Å². The van der Waals surface area contributed by atoms with Crippen LogP contribution in [0.25, 0.3) is 0 Å². The molecule has 11 heavy (non-hydrogen) atoms. The van der Waals surface area contributed by atoms with E-state index in [1.165, 1.54) is 0 Å². The molecule has 1 rings (SSSR count). The molecule has 0 aliphatic carbocycles. The lowest BCUT2D eigenvalue weighted by atomic mass is 10.3. The minimum absolute atomic E-state index is 0.0926. The Labute approximate surface area is 59.2 Å². The molecular formula is C3H5BF4N2O. The lowest BCUT2D eigenvalue weighted by molar-refractivity contribution is -0.392. The van der Waals surface area contributed by atoms with Crippen molar-refractivity contribution < 1.29 is 27.4 Å². The normalized spacial score (nSPS) is 10.2. The average molecular weight is 172 g/mol. The van der Waals surface area contributed by atoms with Crippen molar-refractivity contribution in [1.82, 2.24) is 4.98 Å². The van der Waals surface area contributed by atoms with E-state index >= 15 is 0 Å².